The largest absolute Gasteiger partial charge is 0.310 e. The Bertz CT molecular complexity index is 738. The van der Waals surface area contributed by atoms with Crippen LogP contribution in [0.2, 0.25) is 0 Å². The highest BCUT2D eigenvalue weighted by atomic mass is 15.1. The third-order valence-electron chi connectivity index (χ3n) is 4.47. The summed E-state index contributed by atoms with van der Waals surface area (Å²) in [6.45, 7) is 2.30. The fraction of sp³-hybridized carbons (Fsp3) is 0.143. The van der Waals surface area contributed by atoms with E-state index in [1.54, 1.807) is 0 Å². The van der Waals surface area contributed by atoms with Crippen LogP contribution in [-0.4, -0.2) is 0 Å². The summed E-state index contributed by atoms with van der Waals surface area (Å²) < 4.78 is 0. The van der Waals surface area contributed by atoms with E-state index in [4.69, 9.17) is 0 Å². The minimum atomic E-state index is 0.714. The molecule has 0 saturated carbocycles. The van der Waals surface area contributed by atoms with Gasteiger partial charge in [0.25, 0.3) is 0 Å². The zero-order valence-electron chi connectivity index (χ0n) is 12.7. The smallest absolute Gasteiger partial charge is 0.0464 e. The van der Waals surface area contributed by atoms with E-state index in [1.807, 2.05) is 0 Å². The van der Waals surface area contributed by atoms with Gasteiger partial charge in [0.1, 0.15) is 0 Å². The standard InChI is InChI=1S/C21H19N/c1-16-14-17-15-20(12-13-21(16)17)22(18-8-4-2-5-9-18)19-10-6-3-7-11-19/h2-13,15-16H,14H2,1H3. The van der Waals surface area contributed by atoms with Crippen molar-refractivity contribution in [2.45, 2.75) is 19.3 Å². The Labute approximate surface area is 131 Å². The fourth-order valence-corrected chi connectivity index (χ4v) is 3.30. The molecule has 0 aliphatic heterocycles. The lowest BCUT2D eigenvalue weighted by Gasteiger charge is -2.31. The van der Waals surface area contributed by atoms with Crippen molar-refractivity contribution in [3.8, 4) is 0 Å². The van der Waals surface area contributed by atoms with Gasteiger partial charge in [-0.25, -0.2) is 0 Å². The van der Waals surface area contributed by atoms with Crippen LogP contribution < -0.4 is 4.90 Å². The Morgan fingerprint density at radius 3 is 1.82 bits per heavy atom. The van der Waals surface area contributed by atoms with E-state index in [0.717, 1.165) is 0 Å². The maximum Gasteiger partial charge on any atom is 0.0464 e. The minimum absolute atomic E-state index is 0.714. The molecule has 0 amide bonds. The molecule has 0 saturated heterocycles. The van der Waals surface area contributed by atoms with Gasteiger partial charge in [0, 0.05) is 17.1 Å². The molecule has 3 aromatic carbocycles. The zero-order chi connectivity index (χ0) is 14.9. The predicted octanol–water partition coefficient (Wildman–Crippen LogP) is 5.82. The first kappa shape index (κ1) is 13.1. The molecule has 0 spiro atoms. The molecule has 1 heteroatoms. The summed E-state index contributed by atoms with van der Waals surface area (Å²) in [6, 6.07) is 28.0. The van der Waals surface area contributed by atoms with E-state index in [9.17, 15) is 0 Å². The molecule has 0 heterocycles. The normalized spacial score (nSPS) is 15.8. The van der Waals surface area contributed by atoms with E-state index in [0.29, 0.717) is 5.92 Å². The molecule has 0 fully saturated rings. The van der Waals surface area contributed by atoms with Crippen LogP contribution in [0.3, 0.4) is 0 Å². The number of rotatable bonds is 3. The van der Waals surface area contributed by atoms with Crippen LogP contribution >= 0.6 is 0 Å². The number of hydrogen-bond donors (Lipinski definition) is 0. The van der Waals surface area contributed by atoms with E-state index < -0.39 is 0 Å². The van der Waals surface area contributed by atoms with Crippen LogP contribution in [0.15, 0.2) is 78.9 Å². The second-order valence-electron chi connectivity index (χ2n) is 5.99. The third kappa shape index (κ3) is 2.19. The van der Waals surface area contributed by atoms with Crippen molar-refractivity contribution in [1.82, 2.24) is 0 Å². The van der Waals surface area contributed by atoms with E-state index in [-0.39, 0.29) is 0 Å². The average Bonchev–Trinajstić information content (AvgIpc) is 2.56. The van der Waals surface area contributed by atoms with Gasteiger partial charge in [-0.2, -0.15) is 0 Å². The van der Waals surface area contributed by atoms with Gasteiger partial charge >= 0.3 is 0 Å². The van der Waals surface area contributed by atoms with Gasteiger partial charge < -0.3 is 4.90 Å². The summed E-state index contributed by atoms with van der Waals surface area (Å²) in [5.41, 5.74) is 6.62. The first-order chi connectivity index (χ1) is 10.8. The lowest BCUT2D eigenvalue weighted by Crippen LogP contribution is -2.16. The lowest BCUT2D eigenvalue weighted by molar-refractivity contribution is 0.667. The molecule has 1 nitrogen and oxygen atoms in total. The van der Waals surface area contributed by atoms with Crippen LogP contribution in [0, 0.1) is 0 Å². The predicted molar refractivity (Wildman–Crippen MR) is 93.2 cm³/mol. The van der Waals surface area contributed by atoms with Gasteiger partial charge in [-0.1, -0.05) is 49.4 Å². The quantitative estimate of drug-likeness (QED) is 0.586. The Balaban J connectivity index is 1.83. The number of para-hydroxylation sites is 2. The molecule has 0 N–H and O–H groups in total. The van der Waals surface area contributed by atoms with Crippen molar-refractivity contribution in [3.05, 3.63) is 90.0 Å². The molecule has 4 rings (SSSR count). The van der Waals surface area contributed by atoms with Gasteiger partial charge in [-0.05, 0) is 59.9 Å². The highest BCUT2D eigenvalue weighted by Gasteiger charge is 2.23. The molecule has 0 aromatic heterocycles. The van der Waals surface area contributed by atoms with Crippen LogP contribution in [0.25, 0.3) is 0 Å². The van der Waals surface area contributed by atoms with Crippen LogP contribution in [0.4, 0.5) is 17.1 Å². The van der Waals surface area contributed by atoms with E-state index >= 15 is 0 Å². The summed E-state index contributed by atoms with van der Waals surface area (Å²) in [7, 11) is 0. The van der Waals surface area contributed by atoms with Gasteiger partial charge in [-0.15, -0.1) is 0 Å². The first-order valence-corrected chi connectivity index (χ1v) is 7.86. The van der Waals surface area contributed by atoms with Crippen molar-refractivity contribution < 1.29 is 0 Å². The van der Waals surface area contributed by atoms with Crippen molar-refractivity contribution >= 4 is 17.1 Å². The first-order valence-electron chi connectivity index (χ1n) is 7.86. The van der Waals surface area contributed by atoms with Crippen LogP contribution in [0.5, 0.6) is 0 Å². The van der Waals surface area contributed by atoms with Crippen LogP contribution in [0.1, 0.15) is 24.0 Å². The van der Waals surface area contributed by atoms with Gasteiger partial charge in [-0.3, -0.25) is 0 Å². The zero-order valence-corrected chi connectivity index (χ0v) is 12.7. The lowest BCUT2D eigenvalue weighted by atomic mass is 9.78. The number of nitrogens with zero attached hydrogens (tertiary/aromatic N) is 1. The van der Waals surface area contributed by atoms with Crippen molar-refractivity contribution in [3.63, 3.8) is 0 Å². The molecule has 0 radical (unpaired) electrons. The second-order valence-corrected chi connectivity index (χ2v) is 5.99. The molecule has 0 bridgehead atoms. The summed E-state index contributed by atoms with van der Waals surface area (Å²) in [5.74, 6) is 0.714. The molecule has 1 unspecified atom stereocenters. The second kappa shape index (κ2) is 5.34. The van der Waals surface area contributed by atoms with Crippen molar-refractivity contribution in [2.75, 3.05) is 4.90 Å². The minimum Gasteiger partial charge on any atom is -0.310 e. The summed E-state index contributed by atoms with van der Waals surface area (Å²) >= 11 is 0. The van der Waals surface area contributed by atoms with E-state index in [1.165, 1.54) is 34.6 Å². The highest BCUT2D eigenvalue weighted by molar-refractivity contribution is 5.77. The van der Waals surface area contributed by atoms with Crippen molar-refractivity contribution in [2.24, 2.45) is 0 Å². The molecular formula is C21H19N. The average molecular weight is 285 g/mol. The maximum absolute atomic E-state index is 2.34. The molecule has 1 aliphatic carbocycles. The van der Waals surface area contributed by atoms with Gasteiger partial charge in [0.2, 0.25) is 0 Å². The summed E-state index contributed by atoms with van der Waals surface area (Å²) in [6.07, 6.45) is 1.20. The SMILES string of the molecule is CC1Cc2cc(N(c3ccccc3)c3ccccc3)ccc21. The Morgan fingerprint density at radius 1 is 0.727 bits per heavy atom. The van der Waals surface area contributed by atoms with E-state index in [2.05, 4.69) is 90.7 Å². The van der Waals surface area contributed by atoms with Gasteiger partial charge in [0.15, 0.2) is 0 Å². The molecule has 1 aliphatic rings. The molecular weight excluding hydrogens is 266 g/mol. The topological polar surface area (TPSA) is 3.24 Å². The number of anilines is 3. The third-order valence-corrected chi connectivity index (χ3v) is 4.47. The maximum atomic E-state index is 2.34. The Hall–Kier alpha value is -2.54. The molecule has 3 aromatic rings. The Morgan fingerprint density at radius 2 is 1.32 bits per heavy atom. The number of fused-ring (bicyclic) bond motifs is 1. The monoisotopic (exact) mass is 285 g/mol. The fourth-order valence-electron chi connectivity index (χ4n) is 3.30. The van der Waals surface area contributed by atoms with Gasteiger partial charge in [0.05, 0.1) is 0 Å². The molecule has 22 heavy (non-hydrogen) atoms. The Kier molecular flexibility index (Phi) is 3.19. The van der Waals surface area contributed by atoms with Crippen LogP contribution in [-0.2, 0) is 6.42 Å². The summed E-state index contributed by atoms with van der Waals surface area (Å²) in [4.78, 5) is 2.32. The highest BCUT2D eigenvalue weighted by Crippen LogP contribution is 2.40. The number of benzene rings is 3. The van der Waals surface area contributed by atoms with Crippen molar-refractivity contribution in [1.29, 1.82) is 0 Å². The summed E-state index contributed by atoms with van der Waals surface area (Å²) in [5, 5.41) is 0. The molecule has 1 atom stereocenters. The molecule has 108 valence electrons. The number of hydrogen-bond acceptors (Lipinski definition) is 1.